The number of nitrogens with zero attached hydrogens (tertiary/aromatic N) is 1. The summed E-state index contributed by atoms with van der Waals surface area (Å²) in [5.74, 6) is 0. The van der Waals surface area contributed by atoms with E-state index < -0.39 is 12.6 Å². The summed E-state index contributed by atoms with van der Waals surface area (Å²) in [6.07, 6.45) is -4.92. The van der Waals surface area contributed by atoms with Gasteiger partial charge in [-0.3, -0.25) is 0 Å². The molecule has 0 amide bonds. The second-order valence-electron chi connectivity index (χ2n) is 5.09. The predicted molar refractivity (Wildman–Crippen MR) is 71.0 cm³/mol. The average Bonchev–Trinajstić information content (AvgIpc) is 2.25. The van der Waals surface area contributed by atoms with Gasteiger partial charge in [0, 0.05) is 19.1 Å². The smallest absolute Gasteiger partial charge is 0.323 e. The summed E-state index contributed by atoms with van der Waals surface area (Å²) in [5.41, 5.74) is 9.29. The minimum atomic E-state index is -4.11. The van der Waals surface area contributed by atoms with Crippen LogP contribution in [0.3, 0.4) is 0 Å². The Kier molecular flexibility index (Phi) is 5.38. The zero-order valence-corrected chi connectivity index (χ0v) is 11.6. The third-order valence-electron chi connectivity index (χ3n) is 3.11. The third kappa shape index (κ3) is 5.61. The quantitative estimate of drug-likeness (QED) is 0.893. The lowest BCUT2D eigenvalue weighted by Crippen LogP contribution is -2.32. The molecular formula is C14H21F3N2. The standard InChI is InChI=1S/C14H21F3N2/c1-10-4-5-12(11(2)8-10)13(18)9-19(3)7-6-14(15,16)17/h4-5,8,13H,6-7,9,18H2,1-3H3. The molecule has 1 aromatic rings. The first-order valence-electron chi connectivity index (χ1n) is 6.27. The van der Waals surface area contributed by atoms with Crippen LogP contribution in [-0.4, -0.2) is 31.2 Å². The summed E-state index contributed by atoms with van der Waals surface area (Å²) < 4.78 is 36.4. The van der Waals surface area contributed by atoms with Gasteiger partial charge in [-0.15, -0.1) is 0 Å². The minimum Gasteiger partial charge on any atom is -0.323 e. The first-order chi connectivity index (χ1) is 8.69. The molecule has 0 aliphatic carbocycles. The van der Waals surface area contributed by atoms with E-state index >= 15 is 0 Å². The van der Waals surface area contributed by atoms with Crippen LogP contribution >= 0.6 is 0 Å². The van der Waals surface area contributed by atoms with Crippen molar-refractivity contribution in [2.75, 3.05) is 20.1 Å². The number of aryl methyl sites for hydroxylation is 2. The van der Waals surface area contributed by atoms with Crippen LogP contribution in [0.4, 0.5) is 13.2 Å². The van der Waals surface area contributed by atoms with E-state index in [0.29, 0.717) is 6.54 Å². The molecule has 1 aromatic carbocycles. The molecule has 108 valence electrons. The fraction of sp³-hybridized carbons (Fsp3) is 0.571. The van der Waals surface area contributed by atoms with Gasteiger partial charge >= 0.3 is 6.18 Å². The maximum absolute atomic E-state index is 12.1. The molecule has 19 heavy (non-hydrogen) atoms. The number of alkyl halides is 3. The number of rotatable bonds is 5. The van der Waals surface area contributed by atoms with Crippen molar-refractivity contribution in [2.24, 2.45) is 5.73 Å². The van der Waals surface area contributed by atoms with Gasteiger partial charge in [-0.1, -0.05) is 23.8 Å². The Morgan fingerprint density at radius 2 is 1.89 bits per heavy atom. The van der Waals surface area contributed by atoms with Gasteiger partial charge in [-0.05, 0) is 32.0 Å². The van der Waals surface area contributed by atoms with E-state index in [1.807, 2.05) is 32.0 Å². The van der Waals surface area contributed by atoms with Gasteiger partial charge < -0.3 is 10.6 Å². The van der Waals surface area contributed by atoms with Crippen LogP contribution in [0.2, 0.25) is 0 Å². The molecule has 1 rings (SSSR count). The van der Waals surface area contributed by atoms with Gasteiger partial charge in [0.1, 0.15) is 0 Å². The fourth-order valence-corrected chi connectivity index (χ4v) is 2.08. The van der Waals surface area contributed by atoms with Crippen molar-refractivity contribution in [3.8, 4) is 0 Å². The molecular weight excluding hydrogens is 253 g/mol. The Bertz CT molecular complexity index is 416. The number of benzene rings is 1. The van der Waals surface area contributed by atoms with Crippen LogP contribution in [0.15, 0.2) is 18.2 Å². The van der Waals surface area contributed by atoms with Crippen molar-refractivity contribution in [3.05, 3.63) is 34.9 Å². The van der Waals surface area contributed by atoms with E-state index in [0.717, 1.165) is 16.7 Å². The molecule has 0 aromatic heterocycles. The van der Waals surface area contributed by atoms with E-state index in [-0.39, 0.29) is 12.6 Å². The Morgan fingerprint density at radius 1 is 1.26 bits per heavy atom. The van der Waals surface area contributed by atoms with Crippen molar-refractivity contribution in [1.82, 2.24) is 4.90 Å². The van der Waals surface area contributed by atoms with Crippen molar-refractivity contribution < 1.29 is 13.2 Å². The van der Waals surface area contributed by atoms with Crippen molar-refractivity contribution in [3.63, 3.8) is 0 Å². The van der Waals surface area contributed by atoms with Gasteiger partial charge in [-0.2, -0.15) is 13.2 Å². The first-order valence-corrected chi connectivity index (χ1v) is 6.27. The Hall–Kier alpha value is -1.07. The summed E-state index contributed by atoms with van der Waals surface area (Å²) in [5, 5.41) is 0. The van der Waals surface area contributed by atoms with Crippen LogP contribution in [0.5, 0.6) is 0 Å². The molecule has 0 heterocycles. The Balaban J connectivity index is 2.56. The number of likely N-dealkylation sites (N-methyl/N-ethyl adjacent to an activating group) is 1. The fourth-order valence-electron chi connectivity index (χ4n) is 2.08. The Morgan fingerprint density at radius 3 is 2.42 bits per heavy atom. The van der Waals surface area contributed by atoms with Crippen LogP contribution in [0.25, 0.3) is 0 Å². The second-order valence-corrected chi connectivity index (χ2v) is 5.09. The summed E-state index contributed by atoms with van der Waals surface area (Å²) >= 11 is 0. The van der Waals surface area contributed by atoms with Crippen molar-refractivity contribution in [2.45, 2.75) is 32.5 Å². The van der Waals surface area contributed by atoms with E-state index in [2.05, 4.69) is 0 Å². The number of hydrogen-bond acceptors (Lipinski definition) is 2. The molecule has 2 nitrogen and oxygen atoms in total. The van der Waals surface area contributed by atoms with Crippen LogP contribution < -0.4 is 5.73 Å². The maximum atomic E-state index is 12.1. The van der Waals surface area contributed by atoms with Crippen molar-refractivity contribution >= 4 is 0 Å². The van der Waals surface area contributed by atoms with Crippen LogP contribution in [0, 0.1) is 13.8 Å². The molecule has 1 unspecified atom stereocenters. The number of halogens is 3. The van der Waals surface area contributed by atoms with E-state index in [9.17, 15) is 13.2 Å². The van der Waals surface area contributed by atoms with Gasteiger partial charge in [0.2, 0.25) is 0 Å². The number of hydrogen-bond donors (Lipinski definition) is 1. The zero-order chi connectivity index (χ0) is 14.6. The lowest BCUT2D eigenvalue weighted by Gasteiger charge is -2.23. The molecule has 0 aliphatic heterocycles. The lowest BCUT2D eigenvalue weighted by molar-refractivity contribution is -0.137. The summed E-state index contributed by atoms with van der Waals surface area (Å²) in [7, 11) is 1.66. The van der Waals surface area contributed by atoms with Gasteiger partial charge in [0.25, 0.3) is 0 Å². The summed E-state index contributed by atoms with van der Waals surface area (Å²) in [6, 6.07) is 5.69. The highest BCUT2D eigenvalue weighted by atomic mass is 19.4. The average molecular weight is 274 g/mol. The molecule has 0 aliphatic rings. The highest BCUT2D eigenvalue weighted by Crippen LogP contribution is 2.21. The molecule has 1 atom stereocenters. The van der Waals surface area contributed by atoms with E-state index in [1.54, 1.807) is 11.9 Å². The van der Waals surface area contributed by atoms with Gasteiger partial charge in [0.15, 0.2) is 0 Å². The topological polar surface area (TPSA) is 29.3 Å². The van der Waals surface area contributed by atoms with Crippen LogP contribution in [-0.2, 0) is 0 Å². The first kappa shape index (κ1) is 16.0. The molecule has 0 saturated carbocycles. The SMILES string of the molecule is Cc1ccc(C(N)CN(C)CCC(F)(F)F)c(C)c1. The van der Waals surface area contributed by atoms with Gasteiger partial charge in [0.05, 0.1) is 6.42 Å². The second kappa shape index (κ2) is 6.39. The minimum absolute atomic E-state index is 0.0257. The highest BCUT2D eigenvalue weighted by molar-refractivity contribution is 5.32. The van der Waals surface area contributed by atoms with Crippen LogP contribution in [0.1, 0.15) is 29.2 Å². The maximum Gasteiger partial charge on any atom is 0.390 e. The number of nitrogens with two attached hydrogens (primary N) is 1. The van der Waals surface area contributed by atoms with E-state index in [1.165, 1.54) is 0 Å². The zero-order valence-electron chi connectivity index (χ0n) is 11.6. The monoisotopic (exact) mass is 274 g/mol. The molecule has 0 radical (unpaired) electrons. The predicted octanol–water partition coefficient (Wildman–Crippen LogP) is 3.19. The highest BCUT2D eigenvalue weighted by Gasteiger charge is 2.27. The molecule has 0 spiro atoms. The largest absolute Gasteiger partial charge is 0.390 e. The lowest BCUT2D eigenvalue weighted by atomic mass is 9.99. The molecule has 2 N–H and O–H groups in total. The van der Waals surface area contributed by atoms with E-state index in [4.69, 9.17) is 5.73 Å². The molecule has 0 fully saturated rings. The van der Waals surface area contributed by atoms with Crippen molar-refractivity contribution in [1.29, 1.82) is 0 Å². The summed E-state index contributed by atoms with van der Waals surface area (Å²) in [6.45, 7) is 4.36. The normalized spacial score (nSPS) is 13.9. The summed E-state index contributed by atoms with van der Waals surface area (Å²) in [4.78, 5) is 1.62. The Labute approximate surface area is 112 Å². The third-order valence-corrected chi connectivity index (χ3v) is 3.11. The molecule has 5 heteroatoms. The van der Waals surface area contributed by atoms with Gasteiger partial charge in [-0.25, -0.2) is 0 Å². The molecule has 0 saturated heterocycles. The molecule has 0 bridgehead atoms.